The molecule has 0 aliphatic heterocycles. The third-order valence-corrected chi connectivity index (χ3v) is 20.7. The SMILES string of the molecule is CC[CH](C)[Ge]([CH](C)CC)([CH](C)CC)[N](C)C. The first-order chi connectivity index (χ1) is 7.39. The summed E-state index contributed by atoms with van der Waals surface area (Å²) in [6.07, 6.45) is 4.06. The first-order valence-electron chi connectivity index (χ1n) is 7.06. The Bertz CT molecular complexity index is 165. The minimum atomic E-state index is -1.95. The predicted octanol–water partition coefficient (Wildman–Crippen LogP) is 4.89. The average Bonchev–Trinajstić information content (AvgIpc) is 2.28. The van der Waals surface area contributed by atoms with Crippen LogP contribution < -0.4 is 0 Å². The number of hydrogen-bond acceptors (Lipinski definition) is 1. The summed E-state index contributed by atoms with van der Waals surface area (Å²) >= 11 is -1.95. The van der Waals surface area contributed by atoms with Crippen LogP contribution in [0.15, 0.2) is 0 Å². The van der Waals surface area contributed by atoms with Crippen LogP contribution in [0.2, 0.25) is 14.3 Å². The van der Waals surface area contributed by atoms with E-state index in [1.165, 1.54) is 19.3 Å². The van der Waals surface area contributed by atoms with Gasteiger partial charge in [-0.3, -0.25) is 0 Å². The first kappa shape index (κ1) is 16.5. The summed E-state index contributed by atoms with van der Waals surface area (Å²) in [5.74, 6) is 0. The van der Waals surface area contributed by atoms with Gasteiger partial charge in [0.15, 0.2) is 0 Å². The van der Waals surface area contributed by atoms with Crippen LogP contribution in [0.1, 0.15) is 60.8 Å². The molecule has 16 heavy (non-hydrogen) atoms. The minimum absolute atomic E-state index is 0.944. The summed E-state index contributed by atoms with van der Waals surface area (Å²) in [5, 5.41) is 0. The standard InChI is InChI=1S/C14H33GeN/c1-9-12(4)15(16(7)8,13(5)10-2)14(6)11-3/h12-14H,9-11H2,1-8H3. The van der Waals surface area contributed by atoms with Gasteiger partial charge in [0.1, 0.15) is 0 Å². The summed E-state index contributed by atoms with van der Waals surface area (Å²) in [7, 11) is 4.70. The van der Waals surface area contributed by atoms with Crippen molar-refractivity contribution in [1.82, 2.24) is 3.86 Å². The molecule has 98 valence electrons. The van der Waals surface area contributed by atoms with E-state index in [0.29, 0.717) is 0 Å². The van der Waals surface area contributed by atoms with Gasteiger partial charge >= 0.3 is 106 Å². The monoisotopic (exact) mass is 289 g/mol. The van der Waals surface area contributed by atoms with Crippen LogP contribution in [0.3, 0.4) is 0 Å². The fourth-order valence-electron chi connectivity index (χ4n) is 3.76. The number of hydrogen-bond donors (Lipinski definition) is 0. The van der Waals surface area contributed by atoms with Gasteiger partial charge in [0.2, 0.25) is 0 Å². The molecule has 0 N–H and O–H groups in total. The second-order valence-corrected chi connectivity index (χ2v) is 17.5. The normalized spacial score (nSPS) is 21.6. The van der Waals surface area contributed by atoms with Crippen LogP contribution >= 0.6 is 0 Å². The molecular formula is C14H33GeN. The Kier molecular flexibility index (Phi) is 7.27. The van der Waals surface area contributed by atoms with E-state index >= 15 is 0 Å². The summed E-state index contributed by atoms with van der Waals surface area (Å²) in [6.45, 7) is 14.7. The molecule has 0 saturated heterocycles. The molecule has 0 aromatic heterocycles. The quantitative estimate of drug-likeness (QED) is 0.603. The zero-order valence-electron chi connectivity index (χ0n) is 12.8. The molecule has 1 nitrogen and oxygen atoms in total. The average molecular weight is 288 g/mol. The van der Waals surface area contributed by atoms with Crippen LogP contribution in [0.5, 0.6) is 0 Å². The molecule has 0 fully saturated rings. The number of nitrogens with zero attached hydrogens (tertiary/aromatic N) is 1. The van der Waals surface area contributed by atoms with E-state index in [-0.39, 0.29) is 0 Å². The van der Waals surface area contributed by atoms with Crippen LogP contribution in [-0.4, -0.2) is 31.4 Å². The van der Waals surface area contributed by atoms with Crippen LogP contribution in [0.4, 0.5) is 0 Å². The Morgan fingerprint density at radius 1 is 0.750 bits per heavy atom. The van der Waals surface area contributed by atoms with E-state index in [0.717, 1.165) is 14.3 Å². The van der Waals surface area contributed by atoms with Gasteiger partial charge in [0, 0.05) is 0 Å². The fourth-order valence-corrected chi connectivity index (χ4v) is 19.5. The van der Waals surface area contributed by atoms with Gasteiger partial charge in [-0.1, -0.05) is 0 Å². The van der Waals surface area contributed by atoms with Crippen molar-refractivity contribution in [2.24, 2.45) is 0 Å². The second kappa shape index (κ2) is 7.05. The molecule has 3 unspecified atom stereocenters. The molecule has 0 radical (unpaired) electrons. The van der Waals surface area contributed by atoms with Gasteiger partial charge in [-0.25, -0.2) is 0 Å². The van der Waals surface area contributed by atoms with E-state index in [4.69, 9.17) is 0 Å². The molecule has 0 aromatic rings. The van der Waals surface area contributed by atoms with Crippen molar-refractivity contribution in [2.75, 3.05) is 14.1 Å². The third kappa shape index (κ3) is 2.84. The molecule has 0 aliphatic rings. The van der Waals surface area contributed by atoms with Crippen molar-refractivity contribution in [2.45, 2.75) is 75.1 Å². The zero-order valence-corrected chi connectivity index (χ0v) is 14.9. The molecule has 0 rings (SSSR count). The van der Waals surface area contributed by atoms with Gasteiger partial charge in [-0.05, 0) is 0 Å². The Morgan fingerprint density at radius 3 is 1.12 bits per heavy atom. The first-order valence-corrected chi connectivity index (χ1v) is 11.6. The summed E-state index contributed by atoms with van der Waals surface area (Å²) in [6, 6.07) is 0. The zero-order chi connectivity index (χ0) is 12.9. The Morgan fingerprint density at radius 2 is 1.00 bits per heavy atom. The number of rotatable bonds is 7. The van der Waals surface area contributed by atoms with E-state index in [2.05, 4.69) is 59.5 Å². The molecular weight excluding hydrogens is 255 g/mol. The molecule has 0 bridgehead atoms. The van der Waals surface area contributed by atoms with Gasteiger partial charge in [0.25, 0.3) is 0 Å². The van der Waals surface area contributed by atoms with Crippen molar-refractivity contribution in [3.63, 3.8) is 0 Å². The van der Waals surface area contributed by atoms with E-state index in [1.807, 2.05) is 0 Å². The molecule has 0 aromatic carbocycles. The summed E-state index contributed by atoms with van der Waals surface area (Å²) in [5.41, 5.74) is 0. The maximum absolute atomic E-state index is 2.69. The molecule has 3 atom stereocenters. The molecule has 2 heteroatoms. The molecule has 0 amide bonds. The van der Waals surface area contributed by atoms with Crippen molar-refractivity contribution in [3.05, 3.63) is 0 Å². The molecule has 0 spiro atoms. The van der Waals surface area contributed by atoms with Crippen LogP contribution in [-0.2, 0) is 0 Å². The van der Waals surface area contributed by atoms with E-state index in [9.17, 15) is 0 Å². The van der Waals surface area contributed by atoms with Gasteiger partial charge in [-0.15, -0.1) is 0 Å². The van der Waals surface area contributed by atoms with Crippen molar-refractivity contribution >= 4 is 13.5 Å². The van der Waals surface area contributed by atoms with Crippen molar-refractivity contribution in [1.29, 1.82) is 0 Å². The van der Waals surface area contributed by atoms with Gasteiger partial charge in [-0.2, -0.15) is 0 Å². The topological polar surface area (TPSA) is 3.24 Å². The molecule has 0 heterocycles. The van der Waals surface area contributed by atoms with E-state index in [1.54, 1.807) is 0 Å². The fraction of sp³-hybridized carbons (Fsp3) is 1.00. The third-order valence-electron chi connectivity index (χ3n) is 4.98. The molecule has 0 aliphatic carbocycles. The summed E-state index contributed by atoms with van der Waals surface area (Å²) in [4.78, 5) is 0. The molecule has 0 saturated carbocycles. The Labute approximate surface area is 107 Å². The van der Waals surface area contributed by atoms with Crippen LogP contribution in [0, 0.1) is 0 Å². The Hall–Kier alpha value is 0.503. The second-order valence-electron chi connectivity index (χ2n) is 5.71. The van der Waals surface area contributed by atoms with Gasteiger partial charge in [0.05, 0.1) is 0 Å². The van der Waals surface area contributed by atoms with Gasteiger partial charge < -0.3 is 0 Å². The van der Waals surface area contributed by atoms with E-state index < -0.39 is 13.5 Å². The Balaban J connectivity index is 5.38. The van der Waals surface area contributed by atoms with Crippen molar-refractivity contribution < 1.29 is 0 Å². The van der Waals surface area contributed by atoms with Crippen molar-refractivity contribution in [3.8, 4) is 0 Å². The predicted molar refractivity (Wildman–Crippen MR) is 78.6 cm³/mol. The summed E-state index contributed by atoms with van der Waals surface area (Å²) < 4.78 is 5.52. The van der Waals surface area contributed by atoms with Crippen LogP contribution in [0.25, 0.3) is 0 Å². The maximum atomic E-state index is 2.69.